The summed E-state index contributed by atoms with van der Waals surface area (Å²) in [5.41, 5.74) is 8.21. The number of hydrogen-bond acceptors (Lipinski definition) is 3. The molecule has 0 spiro atoms. The van der Waals surface area contributed by atoms with E-state index >= 15 is 0 Å². The van der Waals surface area contributed by atoms with Crippen LogP contribution >= 0.6 is 0 Å². The van der Waals surface area contributed by atoms with Gasteiger partial charge in [0.1, 0.15) is 5.82 Å². The largest absolute Gasteiger partial charge is 0.366 e. The first-order valence-electron chi connectivity index (χ1n) is 6.34. The quantitative estimate of drug-likeness (QED) is 0.928. The lowest BCUT2D eigenvalue weighted by Gasteiger charge is -2.29. The molecule has 1 atom stereocenters. The van der Waals surface area contributed by atoms with Gasteiger partial charge in [0.15, 0.2) is 0 Å². The average Bonchev–Trinajstić information content (AvgIpc) is 2.48. The highest BCUT2D eigenvalue weighted by Crippen LogP contribution is 2.25. The Morgan fingerprint density at radius 3 is 2.50 bits per heavy atom. The van der Waals surface area contributed by atoms with Crippen LogP contribution in [0.2, 0.25) is 0 Å². The molecule has 1 unspecified atom stereocenters. The van der Waals surface area contributed by atoms with Crippen LogP contribution in [0.5, 0.6) is 0 Å². The normalized spacial score (nSPS) is 11.7. The molecule has 20 heavy (non-hydrogen) atoms. The van der Waals surface area contributed by atoms with Gasteiger partial charge in [-0.1, -0.05) is 12.1 Å². The standard InChI is InChI=1S/C16H16FN3/c1-20(15-7-5-12(10-18)6-8-15)16(11-19)13-3-2-4-14(17)9-13/h2-9,16H,11,19H2,1H3. The van der Waals surface area contributed by atoms with Gasteiger partial charge >= 0.3 is 0 Å². The Bertz CT molecular complexity index is 616. The monoisotopic (exact) mass is 269 g/mol. The van der Waals surface area contributed by atoms with Crippen LogP contribution in [-0.2, 0) is 0 Å². The van der Waals surface area contributed by atoms with Crippen molar-refractivity contribution in [1.29, 1.82) is 5.26 Å². The Labute approximate surface area is 118 Å². The Morgan fingerprint density at radius 2 is 1.95 bits per heavy atom. The molecule has 0 amide bonds. The van der Waals surface area contributed by atoms with E-state index in [1.165, 1.54) is 12.1 Å². The van der Waals surface area contributed by atoms with Crippen molar-refractivity contribution >= 4 is 5.69 Å². The highest BCUT2D eigenvalue weighted by Gasteiger charge is 2.16. The Morgan fingerprint density at radius 1 is 1.25 bits per heavy atom. The van der Waals surface area contributed by atoms with Crippen LogP contribution in [0, 0.1) is 17.1 Å². The van der Waals surface area contributed by atoms with E-state index in [1.807, 2.05) is 30.1 Å². The number of likely N-dealkylation sites (N-methyl/N-ethyl adjacent to an activating group) is 1. The molecule has 4 heteroatoms. The van der Waals surface area contributed by atoms with Crippen molar-refractivity contribution in [3.05, 3.63) is 65.5 Å². The molecular formula is C16H16FN3. The van der Waals surface area contributed by atoms with Gasteiger partial charge < -0.3 is 10.6 Å². The van der Waals surface area contributed by atoms with Crippen LogP contribution in [-0.4, -0.2) is 13.6 Å². The highest BCUT2D eigenvalue weighted by atomic mass is 19.1. The van der Waals surface area contributed by atoms with Crippen molar-refractivity contribution in [2.45, 2.75) is 6.04 Å². The summed E-state index contributed by atoms with van der Waals surface area (Å²) in [6, 6.07) is 15.7. The minimum atomic E-state index is -0.269. The smallest absolute Gasteiger partial charge is 0.123 e. The fourth-order valence-electron chi connectivity index (χ4n) is 2.18. The summed E-state index contributed by atoms with van der Waals surface area (Å²) in [6.45, 7) is 0.375. The van der Waals surface area contributed by atoms with Gasteiger partial charge in [-0.25, -0.2) is 4.39 Å². The van der Waals surface area contributed by atoms with E-state index in [9.17, 15) is 4.39 Å². The van der Waals surface area contributed by atoms with Crippen LogP contribution in [0.3, 0.4) is 0 Å². The van der Waals surface area contributed by atoms with Gasteiger partial charge in [0.25, 0.3) is 0 Å². The maximum absolute atomic E-state index is 13.3. The van der Waals surface area contributed by atoms with Crippen LogP contribution in [0.15, 0.2) is 48.5 Å². The minimum Gasteiger partial charge on any atom is -0.366 e. The number of nitriles is 1. The van der Waals surface area contributed by atoms with Crippen molar-refractivity contribution < 1.29 is 4.39 Å². The van der Waals surface area contributed by atoms with Crippen molar-refractivity contribution in [2.24, 2.45) is 5.73 Å². The van der Waals surface area contributed by atoms with E-state index in [0.717, 1.165) is 11.3 Å². The second-order valence-corrected chi connectivity index (χ2v) is 4.58. The summed E-state index contributed by atoms with van der Waals surface area (Å²) in [5.74, 6) is -0.269. The molecule has 0 aliphatic carbocycles. The summed E-state index contributed by atoms with van der Waals surface area (Å²) in [6.07, 6.45) is 0. The summed E-state index contributed by atoms with van der Waals surface area (Å²) < 4.78 is 13.3. The van der Waals surface area contributed by atoms with Gasteiger partial charge in [0.05, 0.1) is 17.7 Å². The van der Waals surface area contributed by atoms with Crippen molar-refractivity contribution in [3.63, 3.8) is 0 Å². The van der Waals surface area contributed by atoms with Crippen LogP contribution in [0.25, 0.3) is 0 Å². The van der Waals surface area contributed by atoms with E-state index in [0.29, 0.717) is 12.1 Å². The van der Waals surface area contributed by atoms with Crippen LogP contribution in [0.4, 0.5) is 10.1 Å². The number of halogens is 1. The lowest BCUT2D eigenvalue weighted by molar-refractivity contribution is 0.615. The number of anilines is 1. The Hall–Kier alpha value is -2.38. The maximum Gasteiger partial charge on any atom is 0.123 e. The lowest BCUT2D eigenvalue weighted by Crippen LogP contribution is -2.30. The average molecular weight is 269 g/mol. The number of rotatable bonds is 4. The van der Waals surface area contributed by atoms with Crippen LogP contribution < -0.4 is 10.6 Å². The molecule has 0 radical (unpaired) electrons. The summed E-state index contributed by atoms with van der Waals surface area (Å²) in [5, 5.41) is 8.81. The molecule has 0 fully saturated rings. The zero-order valence-corrected chi connectivity index (χ0v) is 11.3. The molecule has 102 valence electrons. The maximum atomic E-state index is 13.3. The zero-order valence-electron chi connectivity index (χ0n) is 11.3. The van der Waals surface area contributed by atoms with Crippen molar-refractivity contribution in [2.75, 3.05) is 18.5 Å². The molecule has 0 aliphatic rings. The van der Waals surface area contributed by atoms with Crippen molar-refractivity contribution in [3.8, 4) is 6.07 Å². The lowest BCUT2D eigenvalue weighted by atomic mass is 10.0. The molecule has 2 aromatic carbocycles. The molecule has 2 rings (SSSR count). The van der Waals surface area contributed by atoms with Gasteiger partial charge in [-0.3, -0.25) is 0 Å². The van der Waals surface area contributed by atoms with E-state index in [4.69, 9.17) is 11.0 Å². The van der Waals surface area contributed by atoms with Crippen LogP contribution in [0.1, 0.15) is 17.2 Å². The SMILES string of the molecule is CN(c1ccc(C#N)cc1)C(CN)c1cccc(F)c1. The highest BCUT2D eigenvalue weighted by molar-refractivity contribution is 5.51. The number of benzene rings is 2. The third kappa shape index (κ3) is 2.95. The predicted octanol–water partition coefficient (Wildman–Crippen LogP) is 2.83. The van der Waals surface area contributed by atoms with E-state index < -0.39 is 0 Å². The second-order valence-electron chi connectivity index (χ2n) is 4.58. The molecule has 0 heterocycles. The van der Waals surface area contributed by atoms with Gasteiger partial charge in [-0.05, 0) is 42.0 Å². The van der Waals surface area contributed by atoms with Gasteiger partial charge in [0.2, 0.25) is 0 Å². The molecule has 0 bridgehead atoms. The van der Waals surface area contributed by atoms with Gasteiger partial charge in [-0.2, -0.15) is 5.26 Å². The van der Waals surface area contributed by atoms with Crippen molar-refractivity contribution in [1.82, 2.24) is 0 Å². The molecule has 0 saturated carbocycles. The number of nitrogens with two attached hydrogens (primary N) is 1. The molecule has 0 aromatic heterocycles. The Balaban J connectivity index is 2.28. The van der Waals surface area contributed by atoms with E-state index in [1.54, 1.807) is 18.2 Å². The van der Waals surface area contributed by atoms with Gasteiger partial charge in [0, 0.05) is 19.3 Å². The van der Waals surface area contributed by atoms with Gasteiger partial charge in [-0.15, -0.1) is 0 Å². The summed E-state index contributed by atoms with van der Waals surface area (Å²) in [7, 11) is 1.91. The molecule has 3 nitrogen and oxygen atoms in total. The number of hydrogen-bond donors (Lipinski definition) is 1. The fourth-order valence-corrected chi connectivity index (χ4v) is 2.18. The second kappa shape index (κ2) is 6.18. The number of nitrogens with zero attached hydrogens (tertiary/aromatic N) is 2. The topological polar surface area (TPSA) is 53.0 Å². The third-order valence-corrected chi connectivity index (χ3v) is 3.33. The molecule has 2 aromatic rings. The molecule has 2 N–H and O–H groups in total. The summed E-state index contributed by atoms with van der Waals surface area (Å²) >= 11 is 0. The minimum absolute atomic E-state index is 0.112. The van der Waals surface area contributed by atoms with E-state index in [2.05, 4.69) is 6.07 Å². The molecule has 0 aliphatic heterocycles. The first kappa shape index (κ1) is 14.0. The molecular weight excluding hydrogens is 253 g/mol. The summed E-state index contributed by atoms with van der Waals surface area (Å²) in [4.78, 5) is 1.98. The first-order chi connectivity index (χ1) is 9.65. The van der Waals surface area contributed by atoms with E-state index in [-0.39, 0.29) is 11.9 Å². The molecule has 0 saturated heterocycles. The first-order valence-corrected chi connectivity index (χ1v) is 6.34. The zero-order chi connectivity index (χ0) is 14.5. The fraction of sp³-hybridized carbons (Fsp3) is 0.188. The Kier molecular flexibility index (Phi) is 4.34. The third-order valence-electron chi connectivity index (χ3n) is 3.33. The predicted molar refractivity (Wildman–Crippen MR) is 77.8 cm³/mol.